The quantitative estimate of drug-likeness (QED) is 0.787. The lowest BCUT2D eigenvalue weighted by Gasteiger charge is -2.26. The van der Waals surface area contributed by atoms with E-state index in [-0.39, 0.29) is 6.61 Å². The highest BCUT2D eigenvalue weighted by Gasteiger charge is 2.26. The van der Waals surface area contributed by atoms with Gasteiger partial charge >= 0.3 is 11.8 Å². The van der Waals surface area contributed by atoms with Gasteiger partial charge in [0.25, 0.3) is 0 Å². The molecule has 5 heteroatoms. The standard InChI is InChI=1S/C15H22N2O3/c1-4-17(10-12-8-6-5-7-9-12)14(20)13(19)16-15(2,3)11-18/h5-9,18H,4,10-11H2,1-3H3,(H,16,19). The van der Waals surface area contributed by atoms with Crippen molar-refractivity contribution in [3.8, 4) is 0 Å². The van der Waals surface area contributed by atoms with Crippen LogP contribution in [0.2, 0.25) is 0 Å². The van der Waals surface area contributed by atoms with Crippen LogP contribution in [0, 0.1) is 0 Å². The summed E-state index contributed by atoms with van der Waals surface area (Å²) in [6, 6.07) is 9.50. The van der Waals surface area contributed by atoms with Gasteiger partial charge in [-0.1, -0.05) is 30.3 Å². The molecule has 110 valence electrons. The molecule has 0 aromatic heterocycles. The molecule has 0 heterocycles. The average molecular weight is 278 g/mol. The van der Waals surface area contributed by atoms with Crippen LogP contribution in [0.1, 0.15) is 26.3 Å². The minimum Gasteiger partial charge on any atom is -0.394 e. The van der Waals surface area contributed by atoms with Gasteiger partial charge in [0.1, 0.15) is 0 Å². The highest BCUT2D eigenvalue weighted by atomic mass is 16.3. The molecule has 0 radical (unpaired) electrons. The summed E-state index contributed by atoms with van der Waals surface area (Å²) < 4.78 is 0. The van der Waals surface area contributed by atoms with Gasteiger partial charge in [0.2, 0.25) is 0 Å². The van der Waals surface area contributed by atoms with E-state index in [2.05, 4.69) is 5.32 Å². The number of amides is 2. The Hall–Kier alpha value is -1.88. The summed E-state index contributed by atoms with van der Waals surface area (Å²) in [5.74, 6) is -1.28. The number of likely N-dealkylation sites (N-methyl/N-ethyl adjacent to an activating group) is 1. The molecule has 2 N–H and O–H groups in total. The number of nitrogens with zero attached hydrogens (tertiary/aromatic N) is 1. The third kappa shape index (κ3) is 4.66. The molecule has 1 aromatic rings. The zero-order chi connectivity index (χ0) is 15.2. The minimum absolute atomic E-state index is 0.225. The number of aliphatic hydroxyl groups is 1. The molecule has 0 aliphatic heterocycles. The van der Waals surface area contributed by atoms with Gasteiger partial charge in [-0.2, -0.15) is 0 Å². The Morgan fingerprint density at radius 3 is 2.35 bits per heavy atom. The van der Waals surface area contributed by atoms with Crippen LogP contribution < -0.4 is 5.32 Å². The number of hydrogen-bond donors (Lipinski definition) is 2. The number of rotatable bonds is 5. The number of benzene rings is 1. The van der Waals surface area contributed by atoms with E-state index in [0.29, 0.717) is 13.1 Å². The predicted octanol–water partition coefficient (Wildman–Crippen LogP) is 0.922. The first-order chi connectivity index (χ1) is 9.39. The van der Waals surface area contributed by atoms with Crippen molar-refractivity contribution in [1.82, 2.24) is 10.2 Å². The van der Waals surface area contributed by atoms with Gasteiger partial charge in [0.15, 0.2) is 0 Å². The second-order valence-corrected chi connectivity index (χ2v) is 5.30. The highest BCUT2D eigenvalue weighted by molar-refractivity contribution is 6.35. The number of hydrogen-bond acceptors (Lipinski definition) is 3. The largest absolute Gasteiger partial charge is 0.394 e. The zero-order valence-electron chi connectivity index (χ0n) is 12.2. The van der Waals surface area contributed by atoms with E-state index in [1.54, 1.807) is 13.8 Å². The van der Waals surface area contributed by atoms with Crippen molar-refractivity contribution in [2.45, 2.75) is 32.9 Å². The number of nitrogens with one attached hydrogen (secondary N) is 1. The molecule has 0 spiro atoms. The van der Waals surface area contributed by atoms with Gasteiger partial charge in [-0.3, -0.25) is 9.59 Å². The Kier molecular flexibility index (Phi) is 5.70. The van der Waals surface area contributed by atoms with Gasteiger partial charge in [0, 0.05) is 13.1 Å². The zero-order valence-corrected chi connectivity index (χ0v) is 12.2. The van der Waals surface area contributed by atoms with Crippen molar-refractivity contribution in [2.75, 3.05) is 13.2 Å². The lowest BCUT2D eigenvalue weighted by molar-refractivity contribution is -0.147. The lowest BCUT2D eigenvalue weighted by atomic mass is 10.1. The molecule has 20 heavy (non-hydrogen) atoms. The predicted molar refractivity (Wildman–Crippen MR) is 76.8 cm³/mol. The second kappa shape index (κ2) is 7.05. The summed E-state index contributed by atoms with van der Waals surface area (Å²) in [4.78, 5) is 25.5. The monoisotopic (exact) mass is 278 g/mol. The fourth-order valence-electron chi connectivity index (χ4n) is 1.67. The van der Waals surface area contributed by atoms with E-state index < -0.39 is 17.4 Å². The maximum atomic E-state index is 12.1. The van der Waals surface area contributed by atoms with Crippen molar-refractivity contribution >= 4 is 11.8 Å². The molecule has 0 aliphatic rings. The summed E-state index contributed by atoms with van der Waals surface area (Å²) in [5, 5.41) is 11.6. The van der Waals surface area contributed by atoms with Gasteiger partial charge in [-0.25, -0.2) is 0 Å². The van der Waals surface area contributed by atoms with Crippen LogP contribution in [-0.2, 0) is 16.1 Å². The fourth-order valence-corrected chi connectivity index (χ4v) is 1.67. The second-order valence-electron chi connectivity index (χ2n) is 5.30. The van der Waals surface area contributed by atoms with Gasteiger partial charge in [0.05, 0.1) is 12.1 Å². The maximum absolute atomic E-state index is 12.1. The van der Waals surface area contributed by atoms with Crippen LogP contribution in [0.3, 0.4) is 0 Å². The Balaban J connectivity index is 2.70. The molecule has 0 fully saturated rings. The molecule has 0 aliphatic carbocycles. The molecule has 0 unspecified atom stereocenters. The molecule has 5 nitrogen and oxygen atoms in total. The fraction of sp³-hybridized carbons (Fsp3) is 0.467. The molecular formula is C15H22N2O3. The first-order valence-corrected chi connectivity index (χ1v) is 6.66. The lowest BCUT2D eigenvalue weighted by Crippen LogP contribution is -2.52. The highest BCUT2D eigenvalue weighted by Crippen LogP contribution is 2.06. The molecular weight excluding hydrogens is 256 g/mol. The minimum atomic E-state index is -0.807. The molecule has 0 saturated carbocycles. The smallest absolute Gasteiger partial charge is 0.312 e. The Morgan fingerprint density at radius 2 is 1.85 bits per heavy atom. The van der Waals surface area contributed by atoms with E-state index in [1.807, 2.05) is 37.3 Å². The summed E-state index contributed by atoms with van der Waals surface area (Å²) in [5.41, 5.74) is 0.163. The van der Waals surface area contributed by atoms with Gasteiger partial charge in [-0.05, 0) is 26.3 Å². The maximum Gasteiger partial charge on any atom is 0.312 e. The Morgan fingerprint density at radius 1 is 1.25 bits per heavy atom. The first-order valence-electron chi connectivity index (χ1n) is 6.66. The van der Waals surface area contributed by atoms with Crippen molar-refractivity contribution in [3.05, 3.63) is 35.9 Å². The van der Waals surface area contributed by atoms with E-state index >= 15 is 0 Å². The van der Waals surface area contributed by atoms with E-state index in [4.69, 9.17) is 5.11 Å². The van der Waals surface area contributed by atoms with Crippen molar-refractivity contribution in [1.29, 1.82) is 0 Å². The average Bonchev–Trinajstić information content (AvgIpc) is 2.44. The molecule has 2 amide bonds. The van der Waals surface area contributed by atoms with E-state index in [1.165, 1.54) is 4.90 Å². The van der Waals surface area contributed by atoms with Crippen LogP contribution in [0.5, 0.6) is 0 Å². The summed E-state index contributed by atoms with van der Waals surface area (Å²) in [6.45, 7) is 5.75. The molecule has 0 bridgehead atoms. The Bertz CT molecular complexity index is 457. The summed E-state index contributed by atoms with van der Waals surface area (Å²) in [6.07, 6.45) is 0. The van der Waals surface area contributed by atoms with Crippen molar-refractivity contribution in [3.63, 3.8) is 0 Å². The molecule has 0 saturated heterocycles. The van der Waals surface area contributed by atoms with E-state index in [0.717, 1.165) is 5.56 Å². The van der Waals surface area contributed by atoms with Crippen LogP contribution >= 0.6 is 0 Å². The van der Waals surface area contributed by atoms with Gasteiger partial charge in [-0.15, -0.1) is 0 Å². The topological polar surface area (TPSA) is 69.6 Å². The van der Waals surface area contributed by atoms with Crippen LogP contribution in [0.25, 0.3) is 0 Å². The number of carbonyl (C=O) groups is 2. The van der Waals surface area contributed by atoms with Crippen LogP contribution in [-0.4, -0.2) is 40.5 Å². The summed E-state index contributed by atoms with van der Waals surface area (Å²) in [7, 11) is 0. The van der Waals surface area contributed by atoms with Crippen LogP contribution in [0.15, 0.2) is 30.3 Å². The Labute approximate surface area is 119 Å². The van der Waals surface area contributed by atoms with Crippen molar-refractivity contribution < 1.29 is 14.7 Å². The first kappa shape index (κ1) is 16.2. The molecule has 1 rings (SSSR count). The van der Waals surface area contributed by atoms with Crippen LogP contribution in [0.4, 0.5) is 0 Å². The van der Waals surface area contributed by atoms with E-state index in [9.17, 15) is 9.59 Å². The molecule has 1 aromatic carbocycles. The number of carbonyl (C=O) groups excluding carboxylic acids is 2. The number of aliphatic hydroxyl groups excluding tert-OH is 1. The normalized spacial score (nSPS) is 11.0. The third-order valence-electron chi connectivity index (χ3n) is 2.93. The van der Waals surface area contributed by atoms with Gasteiger partial charge < -0.3 is 15.3 Å². The van der Waals surface area contributed by atoms with Crippen molar-refractivity contribution in [2.24, 2.45) is 0 Å². The molecule has 0 atom stereocenters. The summed E-state index contributed by atoms with van der Waals surface area (Å²) >= 11 is 0. The SMILES string of the molecule is CCN(Cc1ccccc1)C(=O)C(=O)NC(C)(C)CO. The third-order valence-corrected chi connectivity index (χ3v) is 2.93.